The molecule has 2 aliphatic heterocycles. The van der Waals surface area contributed by atoms with Crippen molar-refractivity contribution in [3.05, 3.63) is 83.9 Å². The maximum Gasteiger partial charge on any atom is 0.226 e. The molecule has 4 atom stereocenters. The van der Waals surface area contributed by atoms with Crippen LogP contribution in [0.4, 0.5) is 22.7 Å². The Balaban J connectivity index is 0.993. The number of anilines is 4. The molecule has 0 aromatic heterocycles. The van der Waals surface area contributed by atoms with Gasteiger partial charge in [-0.1, -0.05) is 69.5 Å². The lowest BCUT2D eigenvalue weighted by Crippen LogP contribution is -2.45. The molecule has 0 spiro atoms. The third-order valence-electron chi connectivity index (χ3n) is 9.80. The number of nitrogens with one attached hydrogen (secondary N) is 3. The number of nitrogens with zero attached hydrogens (tertiary/aromatic N) is 2. The van der Waals surface area contributed by atoms with E-state index in [1.165, 1.54) is 5.56 Å². The van der Waals surface area contributed by atoms with Crippen molar-refractivity contribution in [1.82, 2.24) is 5.32 Å². The molecule has 0 aliphatic carbocycles. The van der Waals surface area contributed by atoms with Gasteiger partial charge in [-0.05, 0) is 93.6 Å². The predicted octanol–water partition coefficient (Wildman–Crippen LogP) is 8.52. The second kappa shape index (κ2) is 16.8. The number of para-hydroxylation sites is 2. The molecule has 3 N–H and O–H groups in total. The van der Waals surface area contributed by atoms with E-state index in [9.17, 15) is 14.4 Å². The summed E-state index contributed by atoms with van der Waals surface area (Å²) in [6.45, 7) is 9.04. The van der Waals surface area contributed by atoms with Crippen LogP contribution in [0.1, 0.15) is 115 Å². The number of unbranched alkanes of at least 4 members (excludes halogenated alkanes) is 4. The van der Waals surface area contributed by atoms with Gasteiger partial charge in [0.15, 0.2) is 0 Å². The number of fused-ring (bicyclic) bond motifs is 2. The monoisotopic (exact) mass is 651 g/mol. The average molecular weight is 652 g/mol. The summed E-state index contributed by atoms with van der Waals surface area (Å²) in [6, 6.07) is 25.0. The number of carbonyl (C=O) groups is 3. The van der Waals surface area contributed by atoms with Gasteiger partial charge in [-0.2, -0.15) is 0 Å². The van der Waals surface area contributed by atoms with Gasteiger partial charge < -0.3 is 25.8 Å². The van der Waals surface area contributed by atoms with Crippen molar-refractivity contribution in [2.45, 2.75) is 116 Å². The summed E-state index contributed by atoms with van der Waals surface area (Å²) >= 11 is 0. The first kappa shape index (κ1) is 35.1. The molecule has 0 unspecified atom stereocenters. The van der Waals surface area contributed by atoms with E-state index in [-0.39, 0.29) is 41.9 Å². The first-order valence-electron chi connectivity index (χ1n) is 18.0. The summed E-state index contributed by atoms with van der Waals surface area (Å²) in [7, 11) is 0. The highest BCUT2D eigenvalue weighted by molar-refractivity contribution is 5.96. The first-order chi connectivity index (χ1) is 23.3. The molecule has 0 bridgehead atoms. The molecular weight excluding hydrogens is 598 g/mol. The molecule has 0 saturated heterocycles. The van der Waals surface area contributed by atoms with E-state index >= 15 is 0 Å². The van der Waals surface area contributed by atoms with Gasteiger partial charge in [0.2, 0.25) is 17.7 Å². The number of rotatable bonds is 14. The molecule has 8 nitrogen and oxygen atoms in total. The fraction of sp³-hybridized carbons (Fsp3) is 0.475. The number of benzene rings is 3. The molecule has 8 heteroatoms. The standard InChI is InChI=1S/C40H53N5O3/c1-5-39(47)44-28(3)26-34(32-16-11-13-18-36(32)44)41-25-15-9-7-8-10-20-38(46)43-31-23-21-30(22-24-31)42-35-27-29(4)45(40(48)6-2)37-19-14-12-17-33(35)37/h11-14,16-19,21-24,28-29,34-35,41-42H,5-10,15,20,25-27H2,1-4H3,(H,43,46)/t28-,29-,34+,35+/m0/s1. The lowest BCUT2D eigenvalue weighted by molar-refractivity contribution is -0.119. The highest BCUT2D eigenvalue weighted by Gasteiger charge is 2.34. The van der Waals surface area contributed by atoms with Gasteiger partial charge in [-0.15, -0.1) is 0 Å². The molecule has 2 heterocycles. The Morgan fingerprint density at radius 2 is 1.15 bits per heavy atom. The quantitative estimate of drug-likeness (QED) is 0.152. The van der Waals surface area contributed by atoms with Crippen molar-refractivity contribution in [3.63, 3.8) is 0 Å². The average Bonchev–Trinajstić information content (AvgIpc) is 3.09. The summed E-state index contributed by atoms with van der Waals surface area (Å²) < 4.78 is 0. The van der Waals surface area contributed by atoms with Crippen LogP contribution < -0.4 is 25.8 Å². The van der Waals surface area contributed by atoms with Gasteiger partial charge in [0.05, 0.1) is 6.04 Å². The summed E-state index contributed by atoms with van der Waals surface area (Å²) in [5, 5.41) is 10.4. The van der Waals surface area contributed by atoms with E-state index in [1.54, 1.807) is 0 Å². The molecule has 0 radical (unpaired) electrons. The lowest BCUT2D eigenvalue weighted by Gasteiger charge is -2.40. The van der Waals surface area contributed by atoms with E-state index in [1.807, 2.05) is 72.2 Å². The molecular formula is C40H53N5O3. The predicted molar refractivity (Wildman–Crippen MR) is 196 cm³/mol. The summed E-state index contributed by atoms with van der Waals surface area (Å²) in [5.74, 6) is 0.384. The first-order valence-corrected chi connectivity index (χ1v) is 18.0. The zero-order valence-corrected chi connectivity index (χ0v) is 29.1. The Morgan fingerprint density at radius 3 is 1.75 bits per heavy atom. The Kier molecular flexibility index (Phi) is 12.3. The molecule has 0 fully saturated rings. The lowest BCUT2D eigenvalue weighted by atomic mass is 9.91. The van der Waals surface area contributed by atoms with Crippen molar-refractivity contribution < 1.29 is 14.4 Å². The van der Waals surface area contributed by atoms with Crippen molar-refractivity contribution in [1.29, 1.82) is 0 Å². The van der Waals surface area contributed by atoms with Gasteiger partial charge in [0.1, 0.15) is 0 Å². The van der Waals surface area contributed by atoms with Crippen LogP contribution in [0.2, 0.25) is 0 Å². The van der Waals surface area contributed by atoms with Crippen LogP contribution in [0.15, 0.2) is 72.8 Å². The zero-order valence-electron chi connectivity index (χ0n) is 29.1. The zero-order chi connectivity index (χ0) is 34.0. The highest BCUT2D eigenvalue weighted by atomic mass is 16.2. The molecule has 5 rings (SSSR count). The third-order valence-corrected chi connectivity index (χ3v) is 9.80. The van der Waals surface area contributed by atoms with Gasteiger partial charge in [0, 0.05) is 60.1 Å². The van der Waals surface area contributed by atoms with Crippen LogP contribution in [-0.2, 0) is 14.4 Å². The highest BCUT2D eigenvalue weighted by Crippen LogP contribution is 2.40. The summed E-state index contributed by atoms with van der Waals surface area (Å²) in [6.07, 6.45) is 8.53. The summed E-state index contributed by atoms with van der Waals surface area (Å²) in [5.41, 5.74) is 6.17. The second-order valence-electron chi connectivity index (χ2n) is 13.4. The van der Waals surface area contributed by atoms with Crippen molar-refractivity contribution in [2.24, 2.45) is 0 Å². The fourth-order valence-electron chi connectivity index (χ4n) is 7.35. The Labute approximate surface area is 286 Å². The molecule has 0 saturated carbocycles. The van der Waals surface area contributed by atoms with Crippen LogP contribution in [-0.4, -0.2) is 36.3 Å². The minimum atomic E-state index is 0.0498. The molecule has 3 aromatic carbocycles. The minimum absolute atomic E-state index is 0.0498. The molecule has 2 aliphatic rings. The van der Waals surface area contributed by atoms with Crippen molar-refractivity contribution >= 4 is 40.5 Å². The normalized spacial score (nSPS) is 20.1. The number of amides is 3. The van der Waals surface area contributed by atoms with E-state index in [0.717, 1.165) is 79.8 Å². The molecule has 3 aromatic rings. The maximum atomic E-state index is 12.6. The Morgan fingerprint density at radius 1 is 0.646 bits per heavy atom. The molecule has 256 valence electrons. The maximum absolute atomic E-state index is 12.6. The fourth-order valence-corrected chi connectivity index (χ4v) is 7.35. The van der Waals surface area contributed by atoms with E-state index in [4.69, 9.17) is 0 Å². The van der Waals surface area contributed by atoms with Gasteiger partial charge in [0.25, 0.3) is 0 Å². The van der Waals surface area contributed by atoms with Crippen molar-refractivity contribution in [3.8, 4) is 0 Å². The minimum Gasteiger partial charge on any atom is -0.378 e. The van der Waals surface area contributed by atoms with Crippen LogP contribution in [0.25, 0.3) is 0 Å². The van der Waals surface area contributed by atoms with E-state index < -0.39 is 0 Å². The number of hydrogen-bond acceptors (Lipinski definition) is 5. The summed E-state index contributed by atoms with van der Waals surface area (Å²) in [4.78, 5) is 41.8. The molecule has 48 heavy (non-hydrogen) atoms. The topological polar surface area (TPSA) is 93.8 Å². The third kappa shape index (κ3) is 8.45. The van der Waals surface area contributed by atoms with Crippen LogP contribution >= 0.6 is 0 Å². The van der Waals surface area contributed by atoms with Crippen LogP contribution in [0, 0.1) is 0 Å². The number of carbonyl (C=O) groups excluding carboxylic acids is 3. The van der Waals surface area contributed by atoms with E-state index in [2.05, 4.69) is 54.1 Å². The Bertz CT molecular complexity index is 1540. The smallest absolute Gasteiger partial charge is 0.226 e. The van der Waals surface area contributed by atoms with Crippen LogP contribution in [0.3, 0.4) is 0 Å². The molecule has 3 amide bonds. The SMILES string of the molecule is CCC(=O)N1c2ccccc2[C@H](NCCCCCCCC(=O)Nc2ccc(N[C@@H]3C[C@H](C)N(C(=O)CC)c4ccccc43)cc2)C[C@@H]1C. The van der Waals surface area contributed by atoms with Gasteiger partial charge >= 0.3 is 0 Å². The van der Waals surface area contributed by atoms with Gasteiger partial charge in [-0.3, -0.25) is 14.4 Å². The van der Waals surface area contributed by atoms with E-state index in [0.29, 0.717) is 19.3 Å². The Hall–Kier alpha value is -4.17. The van der Waals surface area contributed by atoms with Crippen molar-refractivity contribution in [2.75, 3.05) is 27.0 Å². The second-order valence-corrected chi connectivity index (χ2v) is 13.4. The van der Waals surface area contributed by atoms with Crippen LogP contribution in [0.5, 0.6) is 0 Å². The van der Waals surface area contributed by atoms with Gasteiger partial charge in [-0.25, -0.2) is 0 Å². The largest absolute Gasteiger partial charge is 0.378 e. The number of hydrogen-bond donors (Lipinski definition) is 3.